The van der Waals surface area contributed by atoms with E-state index in [0.29, 0.717) is 36.5 Å². The number of aryl methyl sites for hydroxylation is 1. The Balaban J connectivity index is 1.34. The van der Waals surface area contributed by atoms with Gasteiger partial charge in [-0.25, -0.2) is 14.6 Å². The second-order valence-corrected chi connectivity index (χ2v) is 8.80. The van der Waals surface area contributed by atoms with Crippen LogP contribution >= 0.6 is 0 Å². The molecule has 0 bridgehead atoms. The molecule has 0 saturated carbocycles. The number of nitrogens with one attached hydrogen (secondary N) is 1. The van der Waals surface area contributed by atoms with Crippen molar-refractivity contribution >= 4 is 22.4 Å². The lowest BCUT2D eigenvalue weighted by Crippen LogP contribution is -2.30. The van der Waals surface area contributed by atoms with Crippen LogP contribution in [-0.4, -0.2) is 52.4 Å². The molecule has 180 valence electrons. The number of fused-ring (bicyclic) bond motifs is 1. The van der Waals surface area contributed by atoms with Crippen LogP contribution in [0.2, 0.25) is 0 Å². The Labute approximate surface area is 206 Å². The van der Waals surface area contributed by atoms with Crippen LogP contribution in [0.5, 0.6) is 0 Å². The van der Waals surface area contributed by atoms with Gasteiger partial charge < -0.3 is 15.2 Å². The van der Waals surface area contributed by atoms with Crippen LogP contribution in [0.3, 0.4) is 0 Å². The summed E-state index contributed by atoms with van der Waals surface area (Å²) in [6.45, 7) is 4.91. The molecule has 5 aromatic rings. The molecule has 36 heavy (non-hydrogen) atoms. The molecule has 0 amide bonds. The van der Waals surface area contributed by atoms with Gasteiger partial charge in [0.05, 0.1) is 48.3 Å². The third kappa shape index (κ3) is 3.78. The molecule has 11 heteroatoms. The molecule has 1 aliphatic rings. The molecule has 5 heterocycles. The topological polar surface area (TPSA) is 132 Å². The van der Waals surface area contributed by atoms with Gasteiger partial charge in [0.2, 0.25) is 0 Å². The third-order valence-corrected chi connectivity index (χ3v) is 6.22. The fourth-order valence-corrected chi connectivity index (χ4v) is 4.24. The molecule has 0 aliphatic carbocycles. The summed E-state index contributed by atoms with van der Waals surface area (Å²) in [5.74, 6) is 1.09. The van der Waals surface area contributed by atoms with Gasteiger partial charge in [-0.15, -0.1) is 0 Å². The van der Waals surface area contributed by atoms with Gasteiger partial charge in [0.1, 0.15) is 18.2 Å². The Bertz CT molecular complexity index is 1620. The first kappa shape index (κ1) is 22.0. The summed E-state index contributed by atoms with van der Waals surface area (Å²) in [6.07, 6.45) is 4.73. The Morgan fingerprint density at radius 1 is 1.19 bits per heavy atom. The maximum Gasteiger partial charge on any atom is 0.163 e. The van der Waals surface area contributed by atoms with Gasteiger partial charge in [-0.1, -0.05) is 0 Å². The number of aliphatic hydroxyl groups excluding tert-OH is 1. The predicted molar refractivity (Wildman–Crippen MR) is 131 cm³/mol. The molecule has 0 spiro atoms. The summed E-state index contributed by atoms with van der Waals surface area (Å²) >= 11 is 0. The third-order valence-electron chi connectivity index (χ3n) is 6.22. The number of nitrogens with zero attached hydrogens (tertiary/aromatic N) is 8. The second kappa shape index (κ2) is 8.60. The average Bonchev–Trinajstić information content (AvgIpc) is 3.56. The van der Waals surface area contributed by atoms with Gasteiger partial charge in [-0.2, -0.15) is 15.5 Å². The van der Waals surface area contributed by atoms with E-state index in [1.165, 1.54) is 0 Å². The van der Waals surface area contributed by atoms with Crippen LogP contribution in [0.25, 0.3) is 22.7 Å². The van der Waals surface area contributed by atoms with E-state index in [4.69, 9.17) is 9.72 Å². The van der Waals surface area contributed by atoms with Gasteiger partial charge in [-0.3, -0.25) is 9.25 Å². The number of hydrogen-bond acceptors (Lipinski definition) is 8. The van der Waals surface area contributed by atoms with Crippen molar-refractivity contribution in [1.82, 2.24) is 34.1 Å². The predicted octanol–water partition coefficient (Wildman–Crippen LogP) is 3.35. The SMILES string of the molecule is Cc1cc(C#N)nn1-c1nc(-n2cnc3cc(Nc4cnn(C5COC5)c4)ccc32)ccc1C(C)O. The number of imidazole rings is 1. The first-order chi connectivity index (χ1) is 17.5. The van der Waals surface area contributed by atoms with Crippen molar-refractivity contribution < 1.29 is 9.84 Å². The Hall–Kier alpha value is -4.53. The maximum absolute atomic E-state index is 10.3. The molecule has 6 rings (SSSR count). The van der Waals surface area contributed by atoms with Gasteiger partial charge in [-0.05, 0) is 50.2 Å². The summed E-state index contributed by atoms with van der Waals surface area (Å²) in [7, 11) is 0. The van der Waals surface area contributed by atoms with Gasteiger partial charge in [0, 0.05) is 23.1 Å². The fraction of sp³-hybridized carbons (Fsp3) is 0.240. The van der Waals surface area contributed by atoms with Crippen molar-refractivity contribution in [3.05, 3.63) is 72.1 Å². The van der Waals surface area contributed by atoms with Crippen LogP contribution in [0, 0.1) is 18.3 Å². The van der Waals surface area contributed by atoms with E-state index in [2.05, 4.69) is 26.6 Å². The number of aromatic nitrogens is 7. The summed E-state index contributed by atoms with van der Waals surface area (Å²) in [4.78, 5) is 9.38. The first-order valence-corrected chi connectivity index (χ1v) is 11.5. The molecular weight excluding hydrogens is 458 g/mol. The minimum atomic E-state index is -0.759. The van der Waals surface area contributed by atoms with E-state index >= 15 is 0 Å². The number of hydrogen-bond donors (Lipinski definition) is 2. The molecule has 4 aromatic heterocycles. The number of pyridine rings is 1. The normalized spacial score (nSPS) is 14.5. The molecule has 1 aliphatic heterocycles. The largest absolute Gasteiger partial charge is 0.389 e. The van der Waals surface area contributed by atoms with Crippen LogP contribution < -0.4 is 5.32 Å². The number of benzene rings is 1. The standard InChI is InChI=1S/C25H23N9O2/c1-15-7-18(9-26)31-34(15)25-21(16(2)35)4-6-24(30-25)32-14-27-22-8-17(3-5-23(22)32)29-19-10-28-33(11-19)20-12-36-13-20/h3-8,10-11,14,16,20,29,35H,12-13H2,1-2H3. The molecule has 1 atom stereocenters. The van der Waals surface area contributed by atoms with Crippen LogP contribution in [0.4, 0.5) is 11.4 Å². The average molecular weight is 482 g/mol. The lowest BCUT2D eigenvalue weighted by atomic mass is 10.1. The highest BCUT2D eigenvalue weighted by atomic mass is 16.5. The lowest BCUT2D eigenvalue weighted by molar-refractivity contribution is -0.0286. The van der Waals surface area contributed by atoms with Crippen molar-refractivity contribution in [3.63, 3.8) is 0 Å². The van der Waals surface area contributed by atoms with Gasteiger partial charge in [0.25, 0.3) is 0 Å². The van der Waals surface area contributed by atoms with E-state index < -0.39 is 6.10 Å². The zero-order valence-electron chi connectivity index (χ0n) is 19.7. The number of nitriles is 1. The molecule has 2 N–H and O–H groups in total. The highest BCUT2D eigenvalue weighted by molar-refractivity contribution is 5.82. The Morgan fingerprint density at radius 2 is 2.06 bits per heavy atom. The highest BCUT2D eigenvalue weighted by Crippen LogP contribution is 2.27. The summed E-state index contributed by atoms with van der Waals surface area (Å²) in [6, 6.07) is 13.6. The molecular formula is C25H23N9O2. The fourth-order valence-electron chi connectivity index (χ4n) is 4.24. The quantitative estimate of drug-likeness (QED) is 0.377. The van der Waals surface area contributed by atoms with Gasteiger partial charge >= 0.3 is 0 Å². The highest BCUT2D eigenvalue weighted by Gasteiger charge is 2.21. The number of aliphatic hydroxyl groups is 1. The van der Waals surface area contributed by atoms with E-state index in [1.807, 2.05) is 52.7 Å². The minimum absolute atomic E-state index is 0.288. The Kier molecular flexibility index (Phi) is 5.25. The molecule has 1 saturated heterocycles. The van der Waals surface area contributed by atoms with E-state index in [1.54, 1.807) is 30.2 Å². The molecule has 1 aromatic carbocycles. The second-order valence-electron chi connectivity index (χ2n) is 8.80. The molecule has 0 radical (unpaired) electrons. The van der Waals surface area contributed by atoms with E-state index in [0.717, 1.165) is 28.1 Å². The summed E-state index contributed by atoms with van der Waals surface area (Å²) < 4.78 is 10.6. The molecule has 1 unspecified atom stereocenters. The first-order valence-electron chi connectivity index (χ1n) is 11.5. The van der Waals surface area contributed by atoms with Crippen LogP contribution in [0.1, 0.15) is 36.0 Å². The smallest absolute Gasteiger partial charge is 0.163 e. The monoisotopic (exact) mass is 481 g/mol. The zero-order valence-corrected chi connectivity index (χ0v) is 19.7. The number of anilines is 2. The zero-order chi connectivity index (χ0) is 24.8. The van der Waals surface area contributed by atoms with Crippen molar-refractivity contribution in [2.24, 2.45) is 0 Å². The summed E-state index contributed by atoms with van der Waals surface area (Å²) in [5.41, 5.74) is 5.11. The summed E-state index contributed by atoms with van der Waals surface area (Å²) in [5, 5.41) is 31.7. The van der Waals surface area contributed by atoms with E-state index in [9.17, 15) is 10.4 Å². The van der Waals surface area contributed by atoms with Crippen LogP contribution in [0.15, 0.2) is 55.1 Å². The molecule has 1 fully saturated rings. The lowest BCUT2D eigenvalue weighted by Gasteiger charge is -2.25. The number of rotatable bonds is 6. The number of ether oxygens (including phenoxy) is 1. The van der Waals surface area contributed by atoms with E-state index in [-0.39, 0.29) is 5.69 Å². The van der Waals surface area contributed by atoms with Gasteiger partial charge in [0.15, 0.2) is 11.5 Å². The van der Waals surface area contributed by atoms with Crippen molar-refractivity contribution in [2.45, 2.75) is 26.0 Å². The van der Waals surface area contributed by atoms with Crippen molar-refractivity contribution in [3.8, 4) is 17.7 Å². The van der Waals surface area contributed by atoms with Crippen LogP contribution in [-0.2, 0) is 4.74 Å². The van der Waals surface area contributed by atoms with Crippen molar-refractivity contribution in [2.75, 3.05) is 18.5 Å². The Morgan fingerprint density at radius 3 is 2.78 bits per heavy atom. The van der Waals surface area contributed by atoms with Crippen molar-refractivity contribution in [1.29, 1.82) is 5.26 Å². The molecule has 11 nitrogen and oxygen atoms in total. The minimum Gasteiger partial charge on any atom is -0.389 e. The maximum atomic E-state index is 10.3.